The number of nitrogens with one attached hydrogen (secondary N) is 2. The Balaban J connectivity index is 2.51. The number of hydrogen-bond acceptors (Lipinski definition) is 1. The second kappa shape index (κ2) is 5.31. The highest BCUT2D eigenvalue weighted by atomic mass is 16.1. The highest BCUT2D eigenvalue weighted by Gasteiger charge is 2.23. The molecule has 3 heteroatoms. The normalized spacial score (nSPS) is 11.5. The zero-order valence-corrected chi connectivity index (χ0v) is 11.5. The summed E-state index contributed by atoms with van der Waals surface area (Å²) in [5.74, 6) is 0. The van der Waals surface area contributed by atoms with Crippen LogP contribution in [0.15, 0.2) is 36.9 Å². The van der Waals surface area contributed by atoms with E-state index < -0.39 is 0 Å². The van der Waals surface area contributed by atoms with Crippen molar-refractivity contribution in [1.29, 1.82) is 0 Å². The third-order valence-electron chi connectivity index (χ3n) is 3.57. The molecule has 1 heterocycles. The van der Waals surface area contributed by atoms with Crippen molar-refractivity contribution in [3.8, 4) is 0 Å². The summed E-state index contributed by atoms with van der Waals surface area (Å²) in [6.07, 6.45) is 3.51. The fraction of sp³-hybridized carbons (Fsp3) is 0.312. The first-order valence-electron chi connectivity index (χ1n) is 6.51. The smallest absolute Gasteiger partial charge is 0.207 e. The molecule has 2 N–H and O–H groups in total. The first-order valence-corrected chi connectivity index (χ1v) is 6.51. The number of benzene rings is 1. The van der Waals surface area contributed by atoms with E-state index in [9.17, 15) is 4.79 Å². The van der Waals surface area contributed by atoms with Crippen LogP contribution in [0.1, 0.15) is 25.1 Å². The fourth-order valence-electron chi connectivity index (χ4n) is 2.37. The van der Waals surface area contributed by atoms with Crippen LogP contribution in [0.5, 0.6) is 0 Å². The van der Waals surface area contributed by atoms with Crippen LogP contribution in [0.3, 0.4) is 0 Å². The minimum atomic E-state index is -0.116. The van der Waals surface area contributed by atoms with Crippen LogP contribution in [0.2, 0.25) is 0 Å². The van der Waals surface area contributed by atoms with Crippen LogP contribution < -0.4 is 5.32 Å². The summed E-state index contributed by atoms with van der Waals surface area (Å²) in [4.78, 5) is 13.9. The summed E-state index contributed by atoms with van der Waals surface area (Å²) in [5, 5.41) is 3.95. The number of rotatable bonds is 6. The number of aromatic nitrogens is 1. The Morgan fingerprint density at radius 1 is 1.37 bits per heavy atom. The number of fused-ring (bicyclic) bond motifs is 1. The first kappa shape index (κ1) is 13.4. The number of para-hydroxylation sites is 1. The predicted molar refractivity (Wildman–Crippen MR) is 79.3 cm³/mol. The predicted octanol–water partition coefficient (Wildman–Crippen LogP) is 2.92. The lowest BCUT2D eigenvalue weighted by atomic mass is 9.86. The molecule has 0 bridgehead atoms. The molecule has 3 nitrogen and oxygen atoms in total. The average Bonchev–Trinajstić information content (AvgIpc) is 2.79. The van der Waals surface area contributed by atoms with E-state index in [2.05, 4.69) is 42.9 Å². The molecule has 1 amide bonds. The molecular formula is C16H20N2O. The second-order valence-electron chi connectivity index (χ2n) is 5.27. The van der Waals surface area contributed by atoms with Gasteiger partial charge in [-0.15, -0.1) is 6.58 Å². The molecule has 2 aromatic rings. The molecule has 100 valence electrons. The van der Waals surface area contributed by atoms with E-state index in [1.54, 1.807) is 0 Å². The molecule has 0 saturated carbocycles. The molecule has 0 spiro atoms. The Morgan fingerprint density at radius 3 is 2.79 bits per heavy atom. The topological polar surface area (TPSA) is 44.9 Å². The average molecular weight is 256 g/mol. The molecule has 0 fully saturated rings. The number of carbonyl (C=O) groups is 1. The molecule has 0 aliphatic carbocycles. The van der Waals surface area contributed by atoms with Gasteiger partial charge in [0.25, 0.3) is 0 Å². The number of aromatic amines is 1. The van der Waals surface area contributed by atoms with Gasteiger partial charge < -0.3 is 10.3 Å². The zero-order chi connectivity index (χ0) is 13.9. The van der Waals surface area contributed by atoms with Gasteiger partial charge in [0.05, 0.1) is 0 Å². The maximum Gasteiger partial charge on any atom is 0.207 e. The van der Waals surface area contributed by atoms with E-state index in [4.69, 9.17) is 0 Å². The lowest BCUT2D eigenvalue weighted by Crippen LogP contribution is -2.19. The second-order valence-corrected chi connectivity index (χ2v) is 5.27. The van der Waals surface area contributed by atoms with E-state index in [0.717, 1.165) is 18.3 Å². The van der Waals surface area contributed by atoms with Gasteiger partial charge in [-0.05, 0) is 18.1 Å². The zero-order valence-electron chi connectivity index (χ0n) is 11.5. The van der Waals surface area contributed by atoms with Crippen LogP contribution >= 0.6 is 0 Å². The Morgan fingerprint density at radius 2 is 2.11 bits per heavy atom. The Bertz CT molecular complexity index is 596. The highest BCUT2D eigenvalue weighted by molar-refractivity contribution is 5.85. The monoisotopic (exact) mass is 256 g/mol. The van der Waals surface area contributed by atoms with E-state index in [1.807, 2.05) is 18.2 Å². The van der Waals surface area contributed by atoms with Gasteiger partial charge in [0.2, 0.25) is 6.41 Å². The molecule has 0 atom stereocenters. The third kappa shape index (κ3) is 2.55. The van der Waals surface area contributed by atoms with Gasteiger partial charge in [-0.3, -0.25) is 4.79 Å². The molecule has 19 heavy (non-hydrogen) atoms. The summed E-state index contributed by atoms with van der Waals surface area (Å²) in [7, 11) is 0. The fourth-order valence-corrected chi connectivity index (χ4v) is 2.37. The summed E-state index contributed by atoms with van der Waals surface area (Å²) in [6.45, 7) is 8.85. The van der Waals surface area contributed by atoms with Gasteiger partial charge in [-0.25, -0.2) is 0 Å². The number of H-pyrrole nitrogens is 1. The van der Waals surface area contributed by atoms with Gasteiger partial charge in [0.15, 0.2) is 0 Å². The Hall–Kier alpha value is -2.03. The van der Waals surface area contributed by atoms with Crippen molar-refractivity contribution in [2.75, 3.05) is 6.54 Å². The standard InChI is InChI=1S/C16H20N2O/c1-4-16(2,3)15-13(9-10-17-11-19)12-7-5-6-8-14(12)18-15/h4-8,11,18H,1,9-10H2,2-3H3,(H,17,19). The summed E-state index contributed by atoms with van der Waals surface area (Å²) in [6, 6.07) is 8.26. The lowest BCUT2D eigenvalue weighted by Gasteiger charge is -2.20. The van der Waals surface area contributed by atoms with Crippen molar-refractivity contribution in [2.45, 2.75) is 25.7 Å². The minimum absolute atomic E-state index is 0.116. The van der Waals surface area contributed by atoms with E-state index in [0.29, 0.717) is 6.54 Å². The van der Waals surface area contributed by atoms with Gasteiger partial charge in [-0.1, -0.05) is 38.1 Å². The van der Waals surface area contributed by atoms with Crippen molar-refractivity contribution in [3.05, 3.63) is 48.2 Å². The van der Waals surface area contributed by atoms with Crippen molar-refractivity contribution in [3.63, 3.8) is 0 Å². The highest BCUT2D eigenvalue weighted by Crippen LogP contribution is 2.32. The van der Waals surface area contributed by atoms with Crippen LogP contribution in [0.25, 0.3) is 10.9 Å². The largest absolute Gasteiger partial charge is 0.358 e. The molecule has 0 aliphatic heterocycles. The van der Waals surface area contributed by atoms with E-state index >= 15 is 0 Å². The SMILES string of the molecule is C=CC(C)(C)c1[nH]c2ccccc2c1CCNC=O. The minimum Gasteiger partial charge on any atom is -0.358 e. The van der Waals surface area contributed by atoms with Gasteiger partial charge in [0.1, 0.15) is 0 Å². The maximum absolute atomic E-state index is 10.4. The lowest BCUT2D eigenvalue weighted by molar-refractivity contribution is -0.109. The van der Waals surface area contributed by atoms with Crippen LogP contribution in [0.4, 0.5) is 0 Å². The molecule has 0 aliphatic rings. The summed E-state index contributed by atoms with van der Waals surface area (Å²) < 4.78 is 0. The number of carbonyl (C=O) groups excluding carboxylic acids is 1. The van der Waals surface area contributed by atoms with Gasteiger partial charge in [0, 0.05) is 28.6 Å². The molecule has 2 rings (SSSR count). The number of allylic oxidation sites excluding steroid dienone is 1. The Labute approximate surface area is 113 Å². The molecule has 0 unspecified atom stereocenters. The van der Waals surface area contributed by atoms with Crippen molar-refractivity contribution >= 4 is 17.3 Å². The molecule has 0 radical (unpaired) electrons. The Kier molecular flexibility index (Phi) is 3.74. The summed E-state index contributed by atoms with van der Waals surface area (Å²) in [5.41, 5.74) is 3.45. The molecule has 1 aromatic carbocycles. The van der Waals surface area contributed by atoms with E-state index in [1.165, 1.54) is 16.6 Å². The first-order chi connectivity index (χ1) is 9.10. The third-order valence-corrected chi connectivity index (χ3v) is 3.57. The van der Waals surface area contributed by atoms with Gasteiger partial charge >= 0.3 is 0 Å². The maximum atomic E-state index is 10.4. The molecular weight excluding hydrogens is 236 g/mol. The quantitative estimate of drug-likeness (QED) is 0.466. The van der Waals surface area contributed by atoms with E-state index in [-0.39, 0.29) is 5.41 Å². The van der Waals surface area contributed by atoms with Crippen molar-refractivity contribution in [2.24, 2.45) is 0 Å². The number of hydrogen-bond donors (Lipinski definition) is 2. The molecule has 0 saturated heterocycles. The van der Waals surface area contributed by atoms with Crippen LogP contribution in [-0.4, -0.2) is 17.9 Å². The summed E-state index contributed by atoms with van der Waals surface area (Å²) >= 11 is 0. The molecule has 1 aromatic heterocycles. The van der Waals surface area contributed by atoms with Crippen molar-refractivity contribution in [1.82, 2.24) is 10.3 Å². The van der Waals surface area contributed by atoms with Crippen LogP contribution in [0, 0.1) is 0 Å². The van der Waals surface area contributed by atoms with Crippen LogP contribution in [-0.2, 0) is 16.6 Å². The number of amides is 1. The van der Waals surface area contributed by atoms with Gasteiger partial charge in [-0.2, -0.15) is 0 Å². The van der Waals surface area contributed by atoms with Crippen molar-refractivity contribution < 1.29 is 4.79 Å².